The first kappa shape index (κ1) is 19.8. The zero-order valence-electron chi connectivity index (χ0n) is 13.9. The van der Waals surface area contributed by atoms with Crippen molar-refractivity contribution in [3.63, 3.8) is 0 Å². The molecule has 0 aromatic carbocycles. The Morgan fingerprint density at radius 2 is 1.88 bits per heavy atom. The van der Waals surface area contributed by atoms with E-state index in [2.05, 4.69) is 15.1 Å². The number of likely N-dealkylation sites (tertiary alicyclic amines) is 1. The summed E-state index contributed by atoms with van der Waals surface area (Å²) in [5.41, 5.74) is 4.02. The van der Waals surface area contributed by atoms with E-state index in [-0.39, 0.29) is 18.7 Å². The van der Waals surface area contributed by atoms with E-state index in [0.717, 1.165) is 30.6 Å². The lowest BCUT2D eigenvalue weighted by molar-refractivity contribution is -0.144. The van der Waals surface area contributed by atoms with E-state index in [1.807, 2.05) is 7.05 Å². The third-order valence-electron chi connectivity index (χ3n) is 4.43. The summed E-state index contributed by atoms with van der Waals surface area (Å²) >= 11 is 0. The molecular weight excluding hydrogens is 356 g/mol. The van der Waals surface area contributed by atoms with Gasteiger partial charge in [-0.05, 0) is 45.6 Å². The fraction of sp³-hybridized carbons (Fsp3) is 0.846. The average molecular weight is 380 g/mol. The van der Waals surface area contributed by atoms with E-state index in [9.17, 15) is 18.0 Å². The van der Waals surface area contributed by atoms with E-state index < -0.39 is 28.4 Å². The highest BCUT2D eigenvalue weighted by molar-refractivity contribution is 7.80. The minimum absolute atomic E-state index is 0.136. The van der Waals surface area contributed by atoms with Gasteiger partial charge in [0.1, 0.15) is 12.1 Å². The monoisotopic (exact) mass is 380 g/mol. The van der Waals surface area contributed by atoms with Gasteiger partial charge >= 0.3 is 16.4 Å². The molecule has 0 aromatic heterocycles. The van der Waals surface area contributed by atoms with Crippen LogP contribution in [0.15, 0.2) is 0 Å². The number of urea groups is 1. The predicted molar refractivity (Wildman–Crippen MR) is 85.2 cm³/mol. The Morgan fingerprint density at radius 1 is 1.12 bits per heavy atom. The molecule has 3 amide bonds. The van der Waals surface area contributed by atoms with Crippen molar-refractivity contribution in [2.75, 3.05) is 13.6 Å². The Balaban J connectivity index is 1.90. The molecule has 1 saturated carbocycles. The first-order chi connectivity index (χ1) is 11.8. The van der Waals surface area contributed by atoms with Crippen LogP contribution >= 0.6 is 0 Å². The number of hydrogen-bond acceptors (Lipinski definition) is 7. The third-order valence-corrected chi connectivity index (χ3v) is 4.73. The van der Waals surface area contributed by atoms with Crippen molar-refractivity contribution in [3.05, 3.63) is 0 Å². The zero-order chi connectivity index (χ0) is 18.4. The number of carbonyl (C=O) groups is 2. The molecule has 2 unspecified atom stereocenters. The maximum Gasteiger partial charge on any atom is 0.418 e. The molecule has 2 rings (SSSR count). The maximum atomic E-state index is 12.4. The highest BCUT2D eigenvalue weighted by Crippen LogP contribution is 2.22. The zero-order valence-corrected chi connectivity index (χ0v) is 14.8. The van der Waals surface area contributed by atoms with Crippen molar-refractivity contribution in [1.29, 1.82) is 0 Å². The number of hydroxylamine groups is 2. The van der Waals surface area contributed by atoms with Crippen molar-refractivity contribution in [1.82, 2.24) is 21.2 Å². The van der Waals surface area contributed by atoms with Gasteiger partial charge < -0.3 is 10.2 Å². The van der Waals surface area contributed by atoms with Crippen LogP contribution in [0.2, 0.25) is 0 Å². The number of piperidine rings is 1. The molecule has 1 aliphatic heterocycles. The van der Waals surface area contributed by atoms with Gasteiger partial charge in [0.05, 0.1) is 0 Å². The molecule has 0 aromatic rings. The topological polar surface area (TPSA) is 146 Å². The number of amides is 3. The van der Waals surface area contributed by atoms with E-state index in [0.29, 0.717) is 12.8 Å². The summed E-state index contributed by atoms with van der Waals surface area (Å²) in [7, 11) is -2.99. The van der Waals surface area contributed by atoms with Gasteiger partial charge in [0.25, 0.3) is 5.91 Å². The summed E-state index contributed by atoms with van der Waals surface area (Å²) in [6, 6.07) is -1.58. The molecule has 11 nitrogen and oxygen atoms in total. The molecule has 1 aliphatic carbocycles. The smallest absolute Gasteiger partial charge is 0.314 e. The Kier molecular flexibility index (Phi) is 6.95. The normalized spacial score (nSPS) is 27.1. The maximum absolute atomic E-state index is 12.4. The van der Waals surface area contributed by atoms with Gasteiger partial charge in [0.2, 0.25) is 0 Å². The van der Waals surface area contributed by atoms with E-state index in [1.54, 1.807) is 5.48 Å². The van der Waals surface area contributed by atoms with Crippen LogP contribution in [-0.4, -0.2) is 61.6 Å². The van der Waals surface area contributed by atoms with Gasteiger partial charge in [-0.15, -0.1) is 4.28 Å². The fourth-order valence-corrected chi connectivity index (χ4v) is 3.37. The minimum atomic E-state index is -4.82. The molecule has 2 fully saturated rings. The van der Waals surface area contributed by atoms with E-state index >= 15 is 0 Å². The van der Waals surface area contributed by atoms with Crippen LogP contribution in [0.4, 0.5) is 4.79 Å². The molecule has 0 bridgehead atoms. The van der Waals surface area contributed by atoms with Crippen LogP contribution in [0, 0.1) is 0 Å². The SMILES string of the molecule is CNC1CCCC1ONC(=O)[C@@H]1CCCCN1C(=O)NOS(=O)(=O)O. The van der Waals surface area contributed by atoms with E-state index in [4.69, 9.17) is 9.39 Å². The van der Waals surface area contributed by atoms with Gasteiger partial charge in [-0.2, -0.15) is 13.9 Å². The van der Waals surface area contributed by atoms with Crippen LogP contribution in [-0.2, 0) is 24.3 Å². The lowest BCUT2D eigenvalue weighted by Crippen LogP contribution is -2.55. The summed E-state index contributed by atoms with van der Waals surface area (Å²) in [6.45, 7) is 0.251. The summed E-state index contributed by atoms with van der Waals surface area (Å²) in [6.07, 6.45) is 4.46. The number of nitrogens with zero attached hydrogens (tertiary/aromatic N) is 1. The molecule has 25 heavy (non-hydrogen) atoms. The predicted octanol–water partition coefficient (Wildman–Crippen LogP) is -0.527. The molecule has 3 atom stereocenters. The second-order valence-corrected chi connectivity index (χ2v) is 7.09. The molecule has 0 radical (unpaired) electrons. The highest BCUT2D eigenvalue weighted by atomic mass is 32.3. The lowest BCUT2D eigenvalue weighted by atomic mass is 10.0. The highest BCUT2D eigenvalue weighted by Gasteiger charge is 2.34. The molecule has 1 saturated heterocycles. The van der Waals surface area contributed by atoms with Crippen LogP contribution in [0.1, 0.15) is 38.5 Å². The summed E-state index contributed by atoms with van der Waals surface area (Å²) < 4.78 is 33.4. The first-order valence-corrected chi connectivity index (χ1v) is 9.53. The molecule has 144 valence electrons. The molecule has 2 aliphatic rings. The second kappa shape index (κ2) is 8.76. The lowest BCUT2D eigenvalue weighted by Gasteiger charge is -2.34. The van der Waals surface area contributed by atoms with Gasteiger partial charge in [-0.25, -0.2) is 10.3 Å². The van der Waals surface area contributed by atoms with Crippen LogP contribution in [0.3, 0.4) is 0 Å². The van der Waals surface area contributed by atoms with Gasteiger partial charge in [-0.1, -0.05) is 0 Å². The molecule has 12 heteroatoms. The number of carbonyl (C=O) groups excluding carboxylic acids is 2. The number of hydrogen-bond donors (Lipinski definition) is 4. The summed E-state index contributed by atoms with van der Waals surface area (Å²) in [4.78, 5) is 31.0. The van der Waals surface area contributed by atoms with Crippen molar-refractivity contribution >= 4 is 22.3 Å². The van der Waals surface area contributed by atoms with E-state index in [1.165, 1.54) is 0 Å². The van der Waals surface area contributed by atoms with Crippen LogP contribution in [0.25, 0.3) is 0 Å². The first-order valence-electron chi connectivity index (χ1n) is 8.17. The van der Waals surface area contributed by atoms with Crippen LogP contribution in [0.5, 0.6) is 0 Å². The Labute approximate surface area is 146 Å². The van der Waals surface area contributed by atoms with Crippen molar-refractivity contribution < 1.29 is 31.7 Å². The molecule has 4 N–H and O–H groups in total. The van der Waals surface area contributed by atoms with Crippen LogP contribution < -0.4 is 16.3 Å². The number of likely N-dealkylation sites (N-methyl/N-ethyl adjacent to an activating group) is 1. The Hall–Kier alpha value is -1.47. The Bertz CT molecular complexity index is 585. The second-order valence-electron chi connectivity index (χ2n) is 6.07. The fourth-order valence-electron chi connectivity index (χ4n) is 3.19. The Morgan fingerprint density at radius 3 is 2.56 bits per heavy atom. The number of rotatable bonds is 6. The standard InChI is InChI=1S/C13H24N4O7S/c1-14-9-5-4-7-11(9)23-15-12(18)10-6-2-3-8-17(10)13(19)16-24-25(20,21)22/h9-11,14H,2-8H2,1H3,(H,15,18)(H,16,19)(H,20,21,22)/t9?,10-,11?/m0/s1. The third kappa shape index (κ3) is 5.78. The molecular formula is C13H24N4O7S. The van der Waals surface area contributed by atoms with Gasteiger partial charge in [-0.3, -0.25) is 14.2 Å². The molecule has 0 spiro atoms. The van der Waals surface area contributed by atoms with Crippen molar-refractivity contribution in [3.8, 4) is 0 Å². The number of nitrogens with one attached hydrogen (secondary N) is 3. The quantitative estimate of drug-likeness (QED) is 0.355. The van der Waals surface area contributed by atoms with Gasteiger partial charge in [0, 0.05) is 12.6 Å². The van der Waals surface area contributed by atoms with Crippen molar-refractivity contribution in [2.45, 2.75) is 56.7 Å². The largest absolute Gasteiger partial charge is 0.418 e. The van der Waals surface area contributed by atoms with Gasteiger partial charge in [0.15, 0.2) is 0 Å². The minimum Gasteiger partial charge on any atom is -0.314 e. The molecule has 1 heterocycles. The summed E-state index contributed by atoms with van der Waals surface area (Å²) in [5, 5.41) is 3.13. The summed E-state index contributed by atoms with van der Waals surface area (Å²) in [5.74, 6) is -0.483. The van der Waals surface area contributed by atoms with Crippen molar-refractivity contribution in [2.24, 2.45) is 0 Å². The average Bonchev–Trinajstić information content (AvgIpc) is 3.04.